The first-order valence-corrected chi connectivity index (χ1v) is 10.5. The predicted octanol–water partition coefficient (Wildman–Crippen LogP) is 5.08. The molecule has 1 amide bonds. The Balaban J connectivity index is 1.39. The summed E-state index contributed by atoms with van der Waals surface area (Å²) in [5.74, 6) is 0.783. The van der Waals surface area contributed by atoms with Crippen LogP contribution in [0.15, 0.2) is 84.0 Å². The molecule has 0 unspecified atom stereocenters. The van der Waals surface area contributed by atoms with Crippen LogP contribution in [0, 0.1) is 0 Å². The number of carbonyl (C=O) groups is 1. The van der Waals surface area contributed by atoms with Crippen LogP contribution in [0.3, 0.4) is 0 Å². The molecule has 0 atom stereocenters. The molecule has 3 aromatic carbocycles. The monoisotopic (exact) mass is 460 g/mol. The van der Waals surface area contributed by atoms with E-state index in [0.717, 1.165) is 16.7 Å². The molecule has 0 aliphatic carbocycles. The molecule has 0 spiro atoms. The summed E-state index contributed by atoms with van der Waals surface area (Å²) >= 11 is 5.91. The van der Waals surface area contributed by atoms with Gasteiger partial charge in [-0.05, 0) is 47.5 Å². The maximum atomic E-state index is 12.4. The number of methoxy groups -OCH3 is 1. The molecule has 0 radical (unpaired) electrons. The third-order valence-corrected chi connectivity index (χ3v) is 5.02. The van der Waals surface area contributed by atoms with Crippen LogP contribution in [0.2, 0.25) is 5.02 Å². The Morgan fingerprint density at radius 3 is 2.61 bits per heavy atom. The van der Waals surface area contributed by atoms with Gasteiger partial charge in [0.2, 0.25) is 0 Å². The second-order valence-corrected chi connectivity index (χ2v) is 7.49. The molecule has 0 saturated carbocycles. The van der Waals surface area contributed by atoms with Crippen molar-refractivity contribution in [1.29, 1.82) is 0 Å². The molecule has 0 aliphatic heterocycles. The van der Waals surface area contributed by atoms with Crippen LogP contribution in [0.5, 0.6) is 11.5 Å². The summed E-state index contributed by atoms with van der Waals surface area (Å²) in [7, 11) is 1.58. The van der Waals surface area contributed by atoms with Crippen molar-refractivity contribution in [2.45, 2.75) is 6.61 Å². The van der Waals surface area contributed by atoms with Gasteiger partial charge in [0, 0.05) is 10.6 Å². The van der Waals surface area contributed by atoms with E-state index >= 15 is 0 Å². The van der Waals surface area contributed by atoms with Gasteiger partial charge in [-0.2, -0.15) is 10.2 Å². The van der Waals surface area contributed by atoms with E-state index < -0.39 is 5.91 Å². The molecule has 4 rings (SSSR count). The zero-order valence-corrected chi connectivity index (χ0v) is 18.5. The van der Waals surface area contributed by atoms with Crippen molar-refractivity contribution in [2.24, 2.45) is 5.10 Å². The van der Waals surface area contributed by atoms with Crippen molar-refractivity contribution in [3.63, 3.8) is 0 Å². The highest BCUT2D eigenvalue weighted by Crippen LogP contribution is 2.28. The number of H-pyrrole nitrogens is 1. The number of benzene rings is 3. The summed E-state index contributed by atoms with van der Waals surface area (Å²) in [6.07, 6.45) is 1.53. The summed E-state index contributed by atoms with van der Waals surface area (Å²) in [6.45, 7) is 0.407. The van der Waals surface area contributed by atoms with E-state index in [1.54, 1.807) is 37.4 Å². The molecule has 0 bridgehead atoms. The molecule has 1 heterocycles. The average Bonchev–Trinajstić information content (AvgIpc) is 3.34. The van der Waals surface area contributed by atoms with Gasteiger partial charge in [-0.25, -0.2) is 5.43 Å². The summed E-state index contributed by atoms with van der Waals surface area (Å²) in [6, 6.07) is 24.1. The molecule has 166 valence electrons. The number of aromatic amines is 1. The van der Waals surface area contributed by atoms with Gasteiger partial charge in [0.15, 0.2) is 11.5 Å². The largest absolute Gasteiger partial charge is 0.493 e. The summed E-state index contributed by atoms with van der Waals surface area (Å²) in [5.41, 5.74) is 6.05. The van der Waals surface area contributed by atoms with Crippen LogP contribution in [-0.4, -0.2) is 29.4 Å². The third kappa shape index (κ3) is 5.78. The molecule has 7 nitrogen and oxygen atoms in total. The van der Waals surface area contributed by atoms with Crippen LogP contribution >= 0.6 is 11.6 Å². The first-order chi connectivity index (χ1) is 16.1. The Hall–Kier alpha value is -4.10. The van der Waals surface area contributed by atoms with Crippen LogP contribution < -0.4 is 14.9 Å². The van der Waals surface area contributed by atoms with Crippen molar-refractivity contribution in [3.05, 3.63) is 101 Å². The minimum absolute atomic E-state index is 0.290. The quantitative estimate of drug-likeness (QED) is 0.283. The Kier molecular flexibility index (Phi) is 7.02. The van der Waals surface area contributed by atoms with E-state index in [0.29, 0.717) is 34.5 Å². The van der Waals surface area contributed by atoms with Gasteiger partial charge in [0.1, 0.15) is 12.3 Å². The normalized spacial score (nSPS) is 10.8. The van der Waals surface area contributed by atoms with Crippen molar-refractivity contribution < 1.29 is 14.3 Å². The van der Waals surface area contributed by atoms with Crippen LogP contribution in [0.1, 0.15) is 21.6 Å². The smallest absolute Gasteiger partial charge is 0.289 e. The molecular formula is C25H21ClN4O3. The van der Waals surface area contributed by atoms with Crippen molar-refractivity contribution in [1.82, 2.24) is 15.6 Å². The van der Waals surface area contributed by atoms with Crippen molar-refractivity contribution >= 4 is 23.7 Å². The highest BCUT2D eigenvalue weighted by Gasteiger charge is 2.11. The highest BCUT2D eigenvalue weighted by atomic mass is 35.5. The Labute approximate surface area is 196 Å². The molecular weight excluding hydrogens is 440 g/mol. The minimum Gasteiger partial charge on any atom is -0.493 e. The van der Waals surface area contributed by atoms with Gasteiger partial charge in [0.05, 0.1) is 19.0 Å². The van der Waals surface area contributed by atoms with Gasteiger partial charge >= 0.3 is 0 Å². The molecule has 1 aromatic heterocycles. The number of hydrogen-bond acceptors (Lipinski definition) is 5. The number of aromatic nitrogens is 2. The molecule has 0 aliphatic rings. The third-order valence-electron chi connectivity index (χ3n) is 4.77. The van der Waals surface area contributed by atoms with Crippen LogP contribution in [0.25, 0.3) is 11.3 Å². The molecule has 0 fully saturated rings. The molecule has 4 aromatic rings. The topological polar surface area (TPSA) is 88.6 Å². The van der Waals surface area contributed by atoms with Crippen molar-refractivity contribution in [2.75, 3.05) is 7.11 Å². The van der Waals surface area contributed by atoms with Crippen LogP contribution in [-0.2, 0) is 6.61 Å². The standard InChI is InChI=1S/C25H21ClN4O3/c1-32-23-12-7-18(13-24(23)33-16-17-5-3-2-4-6-17)15-27-30-25(31)22-14-21(28-29-22)19-8-10-20(26)11-9-19/h2-15H,16H2,1H3,(H,28,29)(H,30,31)/b27-15-. The fourth-order valence-electron chi connectivity index (χ4n) is 3.05. The van der Waals surface area contributed by atoms with E-state index in [4.69, 9.17) is 21.1 Å². The number of hydrogen-bond donors (Lipinski definition) is 2. The lowest BCUT2D eigenvalue weighted by Crippen LogP contribution is -2.18. The first-order valence-electron chi connectivity index (χ1n) is 10.1. The van der Waals surface area contributed by atoms with Gasteiger partial charge in [0.25, 0.3) is 5.91 Å². The second-order valence-electron chi connectivity index (χ2n) is 7.06. The van der Waals surface area contributed by atoms with Crippen molar-refractivity contribution in [3.8, 4) is 22.8 Å². The summed E-state index contributed by atoms with van der Waals surface area (Å²) in [4.78, 5) is 12.4. The SMILES string of the molecule is COc1ccc(/C=N\NC(=O)c2cc(-c3ccc(Cl)cc3)n[nH]2)cc1OCc1ccccc1. The number of amides is 1. The number of hydrazone groups is 1. The van der Waals surface area contributed by atoms with E-state index in [1.807, 2.05) is 48.5 Å². The van der Waals surface area contributed by atoms with E-state index in [-0.39, 0.29) is 0 Å². The maximum absolute atomic E-state index is 12.4. The minimum atomic E-state index is -0.409. The lowest BCUT2D eigenvalue weighted by atomic mass is 10.1. The van der Waals surface area contributed by atoms with E-state index in [2.05, 4.69) is 20.7 Å². The molecule has 33 heavy (non-hydrogen) atoms. The second kappa shape index (κ2) is 10.5. The predicted molar refractivity (Wildman–Crippen MR) is 128 cm³/mol. The van der Waals surface area contributed by atoms with Gasteiger partial charge in [-0.15, -0.1) is 0 Å². The van der Waals surface area contributed by atoms with Gasteiger partial charge in [-0.1, -0.05) is 54.1 Å². The fraction of sp³-hybridized carbons (Fsp3) is 0.0800. The number of halogens is 1. The zero-order valence-electron chi connectivity index (χ0n) is 17.8. The number of ether oxygens (including phenoxy) is 2. The fourth-order valence-corrected chi connectivity index (χ4v) is 3.18. The number of rotatable bonds is 8. The first kappa shape index (κ1) is 22.1. The van der Waals surface area contributed by atoms with E-state index in [1.165, 1.54) is 6.21 Å². The Morgan fingerprint density at radius 2 is 1.85 bits per heavy atom. The number of nitrogens with one attached hydrogen (secondary N) is 2. The van der Waals surface area contributed by atoms with Crippen LogP contribution in [0.4, 0.5) is 0 Å². The zero-order chi connectivity index (χ0) is 23.0. The molecule has 0 saturated heterocycles. The maximum Gasteiger partial charge on any atom is 0.289 e. The van der Waals surface area contributed by atoms with E-state index in [9.17, 15) is 4.79 Å². The Bertz CT molecular complexity index is 1250. The number of carbonyl (C=O) groups excluding carboxylic acids is 1. The molecule has 2 N–H and O–H groups in total. The average molecular weight is 461 g/mol. The Morgan fingerprint density at radius 1 is 1.06 bits per heavy atom. The highest BCUT2D eigenvalue weighted by molar-refractivity contribution is 6.30. The van der Waals surface area contributed by atoms with Gasteiger partial charge < -0.3 is 9.47 Å². The summed E-state index contributed by atoms with van der Waals surface area (Å²) < 4.78 is 11.3. The lowest BCUT2D eigenvalue weighted by molar-refractivity contribution is 0.0950. The summed E-state index contributed by atoms with van der Waals surface area (Å²) in [5, 5.41) is 11.6. The van der Waals surface area contributed by atoms with Gasteiger partial charge in [-0.3, -0.25) is 9.89 Å². The number of nitrogens with zero attached hydrogens (tertiary/aromatic N) is 2. The lowest BCUT2D eigenvalue weighted by Gasteiger charge is -2.11. The molecule has 8 heteroatoms.